The van der Waals surface area contributed by atoms with Gasteiger partial charge in [-0.2, -0.15) is 0 Å². The number of rotatable bonds is 4. The molecule has 0 aliphatic heterocycles. The lowest BCUT2D eigenvalue weighted by Gasteiger charge is -2.00. The van der Waals surface area contributed by atoms with Crippen LogP contribution in [0.4, 0.5) is 4.79 Å². The minimum Gasteiger partial charge on any atom is -0.445 e. The van der Waals surface area contributed by atoms with Crippen molar-refractivity contribution in [2.75, 3.05) is 13.3 Å². The molecule has 0 saturated carbocycles. The highest BCUT2D eigenvalue weighted by Crippen LogP contribution is 2.00. The molecule has 4 nitrogen and oxygen atoms in total. The minimum absolute atomic E-state index is 0.181. The maximum Gasteiger partial charge on any atom is 0.409 e. The van der Waals surface area contributed by atoms with Gasteiger partial charge in [-0.25, -0.2) is 4.79 Å². The van der Waals surface area contributed by atoms with E-state index in [9.17, 15) is 4.79 Å². The number of nitrogens with one attached hydrogen (secondary N) is 1. The van der Waals surface area contributed by atoms with Gasteiger partial charge >= 0.3 is 6.09 Å². The van der Waals surface area contributed by atoms with E-state index in [2.05, 4.69) is 5.32 Å². The fraction of sp³-hybridized carbons (Fsp3) is 0.182. The molecule has 0 saturated heterocycles. The molecule has 4 heteroatoms. The van der Waals surface area contributed by atoms with E-state index >= 15 is 0 Å². The van der Waals surface area contributed by atoms with E-state index in [-0.39, 0.29) is 6.61 Å². The second-order valence-electron chi connectivity index (χ2n) is 2.75. The lowest BCUT2D eigenvalue weighted by atomic mass is 10.2. The standard InChI is InChI=1S/C11H13NO3/c13-9-12-11(14)15-8-4-7-10-5-2-1-3-6-10/h1-7,13H,8-9H2,(H,12,14). The Bertz CT molecular complexity index is 322. The molecule has 0 aliphatic rings. The maximum atomic E-state index is 10.7. The fourth-order valence-corrected chi connectivity index (χ4v) is 0.988. The summed E-state index contributed by atoms with van der Waals surface area (Å²) in [6, 6.07) is 9.69. The van der Waals surface area contributed by atoms with Crippen molar-refractivity contribution in [1.82, 2.24) is 5.32 Å². The molecule has 1 aromatic carbocycles. The van der Waals surface area contributed by atoms with Gasteiger partial charge in [0.2, 0.25) is 0 Å². The van der Waals surface area contributed by atoms with Gasteiger partial charge in [0, 0.05) is 0 Å². The number of amides is 1. The molecule has 1 amide bonds. The van der Waals surface area contributed by atoms with Crippen LogP contribution in [0.5, 0.6) is 0 Å². The van der Waals surface area contributed by atoms with Crippen LogP contribution in [0.15, 0.2) is 36.4 Å². The van der Waals surface area contributed by atoms with Crippen molar-refractivity contribution >= 4 is 12.2 Å². The molecule has 0 spiro atoms. The number of hydrogen-bond acceptors (Lipinski definition) is 3. The predicted molar refractivity (Wildman–Crippen MR) is 57.0 cm³/mol. The second kappa shape index (κ2) is 6.62. The number of aliphatic hydroxyl groups is 1. The third kappa shape index (κ3) is 4.83. The molecule has 0 aliphatic carbocycles. The molecule has 0 fully saturated rings. The molecule has 0 unspecified atom stereocenters. The smallest absolute Gasteiger partial charge is 0.409 e. The number of hydrogen-bond donors (Lipinski definition) is 2. The van der Waals surface area contributed by atoms with Crippen LogP contribution in [0.25, 0.3) is 6.08 Å². The Morgan fingerprint density at radius 3 is 2.80 bits per heavy atom. The van der Waals surface area contributed by atoms with Crippen molar-refractivity contribution < 1.29 is 14.6 Å². The lowest BCUT2D eigenvalue weighted by Crippen LogP contribution is -2.24. The Hall–Kier alpha value is -1.81. The van der Waals surface area contributed by atoms with Crippen LogP contribution in [0.2, 0.25) is 0 Å². The molecule has 0 bridgehead atoms. The summed E-state index contributed by atoms with van der Waals surface area (Å²) in [5.74, 6) is 0. The Labute approximate surface area is 88.2 Å². The van der Waals surface area contributed by atoms with Crippen molar-refractivity contribution in [1.29, 1.82) is 0 Å². The van der Waals surface area contributed by atoms with Crippen molar-refractivity contribution in [3.05, 3.63) is 42.0 Å². The van der Waals surface area contributed by atoms with Gasteiger partial charge in [0.25, 0.3) is 0 Å². The first-order valence-corrected chi connectivity index (χ1v) is 4.56. The van der Waals surface area contributed by atoms with Crippen LogP contribution in [-0.2, 0) is 4.74 Å². The molecule has 80 valence electrons. The van der Waals surface area contributed by atoms with Gasteiger partial charge in [0.05, 0.1) is 0 Å². The van der Waals surface area contributed by atoms with Crippen LogP contribution in [-0.4, -0.2) is 24.5 Å². The van der Waals surface area contributed by atoms with Crippen molar-refractivity contribution in [3.63, 3.8) is 0 Å². The zero-order valence-electron chi connectivity index (χ0n) is 8.22. The van der Waals surface area contributed by atoms with Crippen molar-refractivity contribution in [2.45, 2.75) is 0 Å². The third-order valence-corrected chi connectivity index (χ3v) is 1.64. The molecule has 1 aromatic rings. The molecule has 0 atom stereocenters. The van der Waals surface area contributed by atoms with Crippen LogP contribution in [0.1, 0.15) is 5.56 Å². The Balaban J connectivity index is 2.26. The van der Waals surface area contributed by atoms with Gasteiger partial charge in [-0.15, -0.1) is 0 Å². The summed E-state index contributed by atoms with van der Waals surface area (Å²) in [5.41, 5.74) is 1.05. The number of carbonyl (C=O) groups excluding carboxylic acids is 1. The summed E-state index contributed by atoms with van der Waals surface area (Å²) in [5, 5.41) is 10.4. The quantitative estimate of drug-likeness (QED) is 0.733. The minimum atomic E-state index is -0.629. The molecular formula is C11H13NO3. The van der Waals surface area contributed by atoms with Gasteiger partial charge < -0.3 is 9.84 Å². The van der Waals surface area contributed by atoms with Crippen LogP contribution >= 0.6 is 0 Å². The van der Waals surface area contributed by atoms with E-state index in [1.54, 1.807) is 6.08 Å². The number of benzene rings is 1. The van der Waals surface area contributed by atoms with E-state index in [0.29, 0.717) is 0 Å². The first kappa shape index (κ1) is 11.3. The lowest BCUT2D eigenvalue weighted by molar-refractivity contribution is 0.144. The zero-order chi connectivity index (χ0) is 10.9. The van der Waals surface area contributed by atoms with Gasteiger partial charge in [-0.05, 0) is 11.6 Å². The highest BCUT2D eigenvalue weighted by molar-refractivity contribution is 5.67. The molecule has 15 heavy (non-hydrogen) atoms. The Kier molecular flexibility index (Phi) is 4.97. The molecule has 2 N–H and O–H groups in total. The van der Waals surface area contributed by atoms with E-state index in [1.807, 2.05) is 36.4 Å². The van der Waals surface area contributed by atoms with Gasteiger partial charge in [-0.1, -0.05) is 36.4 Å². The van der Waals surface area contributed by atoms with E-state index < -0.39 is 12.8 Å². The van der Waals surface area contributed by atoms with Gasteiger partial charge in [0.15, 0.2) is 0 Å². The summed E-state index contributed by atoms with van der Waals surface area (Å²) in [7, 11) is 0. The fourth-order valence-electron chi connectivity index (χ4n) is 0.988. The summed E-state index contributed by atoms with van der Waals surface area (Å²) in [6.45, 7) is -0.234. The highest BCUT2D eigenvalue weighted by atomic mass is 16.5. The van der Waals surface area contributed by atoms with Gasteiger partial charge in [0.1, 0.15) is 13.3 Å². The Morgan fingerprint density at radius 1 is 1.40 bits per heavy atom. The van der Waals surface area contributed by atoms with Crippen molar-refractivity contribution in [3.8, 4) is 0 Å². The maximum absolute atomic E-state index is 10.7. The zero-order valence-corrected chi connectivity index (χ0v) is 8.22. The van der Waals surface area contributed by atoms with Crippen LogP contribution in [0, 0.1) is 0 Å². The number of ether oxygens (including phenoxy) is 1. The third-order valence-electron chi connectivity index (χ3n) is 1.64. The number of alkyl carbamates (subject to hydrolysis) is 1. The normalized spacial score (nSPS) is 10.2. The van der Waals surface area contributed by atoms with Crippen molar-refractivity contribution in [2.24, 2.45) is 0 Å². The largest absolute Gasteiger partial charge is 0.445 e. The molecule has 0 radical (unpaired) electrons. The summed E-state index contributed by atoms with van der Waals surface area (Å²) in [6.07, 6.45) is 2.95. The topological polar surface area (TPSA) is 58.6 Å². The Morgan fingerprint density at radius 2 is 2.13 bits per heavy atom. The molecule has 1 rings (SSSR count). The number of aliphatic hydroxyl groups excluding tert-OH is 1. The SMILES string of the molecule is O=C(NCO)OCC=Cc1ccccc1. The van der Waals surface area contributed by atoms with E-state index in [1.165, 1.54) is 0 Å². The summed E-state index contributed by atoms with van der Waals surface area (Å²) >= 11 is 0. The first-order chi connectivity index (χ1) is 7.33. The highest BCUT2D eigenvalue weighted by Gasteiger charge is 1.95. The molecular weight excluding hydrogens is 194 g/mol. The summed E-state index contributed by atoms with van der Waals surface area (Å²) < 4.78 is 4.71. The van der Waals surface area contributed by atoms with Gasteiger partial charge in [-0.3, -0.25) is 5.32 Å². The first-order valence-electron chi connectivity index (χ1n) is 4.56. The molecule has 0 aromatic heterocycles. The average molecular weight is 207 g/mol. The number of carbonyl (C=O) groups is 1. The second-order valence-corrected chi connectivity index (χ2v) is 2.75. The summed E-state index contributed by atoms with van der Waals surface area (Å²) in [4.78, 5) is 10.7. The molecule has 0 heterocycles. The monoisotopic (exact) mass is 207 g/mol. The average Bonchev–Trinajstić information content (AvgIpc) is 2.26. The van der Waals surface area contributed by atoms with E-state index in [0.717, 1.165) is 5.56 Å². The van der Waals surface area contributed by atoms with Crippen LogP contribution in [0.3, 0.4) is 0 Å². The van der Waals surface area contributed by atoms with E-state index in [4.69, 9.17) is 9.84 Å². The predicted octanol–water partition coefficient (Wildman–Crippen LogP) is 1.38. The van der Waals surface area contributed by atoms with Crippen LogP contribution < -0.4 is 5.32 Å².